The molecule has 2 aliphatic heterocycles. The summed E-state index contributed by atoms with van der Waals surface area (Å²) in [7, 11) is 0. The van der Waals surface area contributed by atoms with E-state index in [9.17, 15) is 13.6 Å². The molecule has 4 rings (SSSR count). The van der Waals surface area contributed by atoms with Crippen LogP contribution >= 0.6 is 0 Å². The Balaban J connectivity index is 1.46. The fourth-order valence-corrected chi connectivity index (χ4v) is 5.34. The number of ether oxygens (including phenoxy) is 2. The molecule has 1 aromatic carbocycles. The van der Waals surface area contributed by atoms with Gasteiger partial charge >= 0.3 is 0 Å². The fraction of sp³-hybridized carbons (Fsp3) is 0.615. The lowest BCUT2D eigenvalue weighted by Gasteiger charge is -2.49. The van der Waals surface area contributed by atoms with Crippen LogP contribution in [0.2, 0.25) is 0 Å². The number of alkyl halides is 2. The van der Waals surface area contributed by atoms with Crippen molar-refractivity contribution in [3.8, 4) is 5.75 Å². The molecule has 2 aromatic rings. The van der Waals surface area contributed by atoms with Crippen molar-refractivity contribution < 1.29 is 23.0 Å². The third kappa shape index (κ3) is 5.83. The molecule has 1 amide bonds. The first-order valence-electron chi connectivity index (χ1n) is 12.4. The van der Waals surface area contributed by atoms with E-state index in [1.165, 1.54) is 0 Å². The van der Waals surface area contributed by atoms with Crippen LogP contribution in [0.1, 0.15) is 61.1 Å². The number of likely N-dealkylation sites (tertiary alicyclic amines) is 1. The van der Waals surface area contributed by atoms with E-state index >= 15 is 0 Å². The Morgan fingerprint density at radius 3 is 2.74 bits per heavy atom. The molecule has 1 aromatic heterocycles. The zero-order chi connectivity index (χ0) is 25.2. The van der Waals surface area contributed by atoms with Crippen LogP contribution in [0.5, 0.6) is 5.75 Å². The van der Waals surface area contributed by atoms with Gasteiger partial charge in [-0.2, -0.15) is 5.10 Å². The Labute approximate surface area is 206 Å². The molecule has 2 fully saturated rings. The molecule has 3 heterocycles. The number of piperidine rings is 1. The van der Waals surface area contributed by atoms with Gasteiger partial charge in [0.1, 0.15) is 12.5 Å². The number of carbonyl (C=O) groups is 1. The molecule has 7 nitrogen and oxygen atoms in total. The zero-order valence-corrected chi connectivity index (χ0v) is 21.0. The molecule has 192 valence electrons. The maximum absolute atomic E-state index is 13.3. The Morgan fingerprint density at radius 2 is 2.11 bits per heavy atom. The van der Waals surface area contributed by atoms with Crippen LogP contribution in [0.25, 0.3) is 0 Å². The van der Waals surface area contributed by atoms with Gasteiger partial charge in [-0.3, -0.25) is 14.4 Å². The number of aromatic nitrogens is 2. The van der Waals surface area contributed by atoms with Crippen molar-refractivity contribution in [2.75, 3.05) is 32.9 Å². The summed E-state index contributed by atoms with van der Waals surface area (Å²) in [5, 5.41) is 4.37. The van der Waals surface area contributed by atoms with E-state index in [0.717, 1.165) is 30.0 Å². The maximum atomic E-state index is 13.3. The number of hydrogen-bond donors (Lipinski definition) is 0. The summed E-state index contributed by atoms with van der Waals surface area (Å²) in [6.45, 7) is 9.98. The first-order valence-corrected chi connectivity index (χ1v) is 12.4. The van der Waals surface area contributed by atoms with Gasteiger partial charge < -0.3 is 14.4 Å². The molecule has 0 radical (unpaired) electrons. The molecule has 2 saturated heterocycles. The second-order valence-corrected chi connectivity index (χ2v) is 9.98. The van der Waals surface area contributed by atoms with Gasteiger partial charge in [0.15, 0.2) is 0 Å². The topological polar surface area (TPSA) is 59.8 Å². The quantitative estimate of drug-likeness (QED) is 0.579. The van der Waals surface area contributed by atoms with Gasteiger partial charge in [-0.15, -0.1) is 0 Å². The van der Waals surface area contributed by atoms with Crippen LogP contribution in [-0.2, 0) is 11.3 Å². The molecule has 0 aliphatic carbocycles. The van der Waals surface area contributed by atoms with Crippen molar-refractivity contribution in [2.24, 2.45) is 0 Å². The number of benzene rings is 1. The third-order valence-electron chi connectivity index (χ3n) is 6.91. The van der Waals surface area contributed by atoms with Crippen molar-refractivity contribution in [2.45, 2.75) is 71.1 Å². The summed E-state index contributed by atoms with van der Waals surface area (Å²) in [5.74, 6) is 0.715. The standard InChI is InChI=1S/C26H36F2N4O3/c1-5-32-22(8-10-29-32)21-13-26(16-30(14-21)15-24(27)28)9-11-31(17-34-26)25(33)20-6-7-23(19(4)12-20)35-18(2)3/h6-8,10,12,18,21,24H,5,9,11,13-17H2,1-4H3. The van der Waals surface area contributed by atoms with E-state index in [0.29, 0.717) is 31.6 Å². The highest BCUT2D eigenvalue weighted by Gasteiger charge is 2.45. The predicted molar refractivity (Wildman–Crippen MR) is 129 cm³/mol. The van der Waals surface area contributed by atoms with Gasteiger partial charge in [0.2, 0.25) is 0 Å². The van der Waals surface area contributed by atoms with E-state index in [1.54, 1.807) is 22.1 Å². The lowest BCUT2D eigenvalue weighted by Crippen LogP contribution is -2.58. The molecule has 0 saturated carbocycles. The molecular weight excluding hydrogens is 454 g/mol. The normalized spacial score (nSPS) is 23.4. The van der Waals surface area contributed by atoms with E-state index in [2.05, 4.69) is 5.10 Å². The van der Waals surface area contributed by atoms with Crippen molar-refractivity contribution in [1.29, 1.82) is 0 Å². The lowest BCUT2D eigenvalue weighted by atomic mass is 9.80. The Kier molecular flexibility index (Phi) is 7.76. The van der Waals surface area contributed by atoms with Crippen LogP contribution in [0.15, 0.2) is 30.5 Å². The lowest BCUT2D eigenvalue weighted by molar-refractivity contribution is -0.160. The highest BCUT2D eigenvalue weighted by Crippen LogP contribution is 2.39. The molecule has 2 unspecified atom stereocenters. The molecule has 9 heteroatoms. The predicted octanol–water partition coefficient (Wildman–Crippen LogP) is 4.31. The van der Waals surface area contributed by atoms with Crippen LogP contribution in [0.3, 0.4) is 0 Å². The second-order valence-electron chi connectivity index (χ2n) is 9.98. The SMILES string of the molecule is CCn1nccc1C1CN(CC(F)F)CC2(CCN(C(=O)c3ccc(OC(C)C)c(C)c3)CO2)C1. The molecule has 2 atom stereocenters. The average molecular weight is 491 g/mol. The van der Waals surface area contributed by atoms with E-state index in [-0.39, 0.29) is 31.2 Å². The number of amides is 1. The minimum atomic E-state index is -2.41. The first-order chi connectivity index (χ1) is 16.7. The van der Waals surface area contributed by atoms with Crippen LogP contribution in [0.4, 0.5) is 8.78 Å². The van der Waals surface area contributed by atoms with Crippen LogP contribution < -0.4 is 4.74 Å². The van der Waals surface area contributed by atoms with Gasteiger partial charge in [-0.05, 0) is 70.4 Å². The Bertz CT molecular complexity index is 1020. The zero-order valence-electron chi connectivity index (χ0n) is 21.0. The monoisotopic (exact) mass is 490 g/mol. The van der Waals surface area contributed by atoms with Gasteiger partial charge in [0, 0.05) is 49.6 Å². The molecule has 0 N–H and O–H groups in total. The summed E-state index contributed by atoms with van der Waals surface area (Å²) in [4.78, 5) is 16.7. The van der Waals surface area contributed by atoms with Crippen molar-refractivity contribution >= 4 is 5.91 Å². The highest BCUT2D eigenvalue weighted by atomic mass is 19.3. The van der Waals surface area contributed by atoms with E-state index in [1.807, 2.05) is 50.6 Å². The highest BCUT2D eigenvalue weighted by molar-refractivity contribution is 5.94. The summed E-state index contributed by atoms with van der Waals surface area (Å²) < 4.78 is 40.7. The van der Waals surface area contributed by atoms with E-state index < -0.39 is 12.0 Å². The number of hydrogen-bond acceptors (Lipinski definition) is 5. The van der Waals surface area contributed by atoms with Crippen LogP contribution in [0, 0.1) is 6.92 Å². The number of rotatable bonds is 7. The van der Waals surface area contributed by atoms with Gasteiger partial charge in [0.25, 0.3) is 12.3 Å². The van der Waals surface area contributed by atoms with Gasteiger partial charge in [-0.25, -0.2) is 8.78 Å². The summed E-state index contributed by atoms with van der Waals surface area (Å²) in [6.07, 6.45) is 0.735. The number of halogens is 2. The second kappa shape index (κ2) is 10.6. The summed E-state index contributed by atoms with van der Waals surface area (Å²) >= 11 is 0. The number of carbonyl (C=O) groups excluding carboxylic acids is 1. The first kappa shape index (κ1) is 25.6. The van der Waals surface area contributed by atoms with Gasteiger partial charge in [0.05, 0.1) is 18.2 Å². The third-order valence-corrected chi connectivity index (χ3v) is 6.91. The Morgan fingerprint density at radius 1 is 1.31 bits per heavy atom. The maximum Gasteiger partial charge on any atom is 0.255 e. The molecule has 1 spiro atoms. The molecule has 35 heavy (non-hydrogen) atoms. The largest absolute Gasteiger partial charge is 0.491 e. The fourth-order valence-electron chi connectivity index (χ4n) is 5.34. The van der Waals surface area contributed by atoms with Crippen molar-refractivity contribution in [3.05, 3.63) is 47.3 Å². The molecule has 0 bridgehead atoms. The minimum Gasteiger partial charge on any atom is -0.491 e. The van der Waals surface area contributed by atoms with Crippen molar-refractivity contribution in [3.63, 3.8) is 0 Å². The Hall–Kier alpha value is -2.52. The van der Waals surface area contributed by atoms with E-state index in [4.69, 9.17) is 9.47 Å². The number of aryl methyl sites for hydroxylation is 2. The molecule has 2 aliphatic rings. The van der Waals surface area contributed by atoms with Crippen LogP contribution in [-0.4, -0.2) is 76.5 Å². The smallest absolute Gasteiger partial charge is 0.255 e. The minimum absolute atomic E-state index is 0.0448. The van der Waals surface area contributed by atoms with Crippen molar-refractivity contribution in [1.82, 2.24) is 19.6 Å². The summed E-state index contributed by atoms with van der Waals surface area (Å²) in [5.41, 5.74) is 1.98. The molecular formula is C26H36F2N4O3. The number of nitrogens with zero attached hydrogens (tertiary/aromatic N) is 4. The average Bonchev–Trinajstić information content (AvgIpc) is 3.28. The van der Waals surface area contributed by atoms with Gasteiger partial charge in [-0.1, -0.05) is 0 Å². The summed E-state index contributed by atoms with van der Waals surface area (Å²) in [6, 6.07) is 7.43.